The number of carbonyl (C=O) groups excluding carboxylic acids is 1. The van der Waals surface area contributed by atoms with Crippen molar-refractivity contribution in [2.75, 3.05) is 18.9 Å². The van der Waals surface area contributed by atoms with Gasteiger partial charge in [0, 0.05) is 41.3 Å². The zero-order chi connectivity index (χ0) is 21.3. The van der Waals surface area contributed by atoms with Gasteiger partial charge in [-0.1, -0.05) is 29.8 Å². The smallest absolute Gasteiger partial charge is 0.342 e. The average Bonchev–Trinajstić information content (AvgIpc) is 2.68. The van der Waals surface area contributed by atoms with E-state index >= 15 is 0 Å². The van der Waals surface area contributed by atoms with E-state index < -0.39 is 11.7 Å². The molecule has 0 atom stereocenters. The summed E-state index contributed by atoms with van der Waals surface area (Å²) in [5, 5.41) is 4.38. The molecule has 29 heavy (non-hydrogen) atoms. The van der Waals surface area contributed by atoms with Gasteiger partial charge >= 0.3 is 6.18 Å². The van der Waals surface area contributed by atoms with Gasteiger partial charge in [0.1, 0.15) is 5.82 Å². The lowest BCUT2D eigenvalue weighted by Gasteiger charge is -2.19. The maximum atomic E-state index is 13.2. The third-order valence-electron chi connectivity index (χ3n) is 4.80. The molecule has 0 fully saturated rings. The second kappa shape index (κ2) is 7.91. The highest BCUT2D eigenvalue weighted by Gasteiger charge is 2.33. The van der Waals surface area contributed by atoms with Gasteiger partial charge in [-0.05, 0) is 37.6 Å². The Kier molecular flexibility index (Phi) is 5.71. The Balaban J connectivity index is 2.14. The van der Waals surface area contributed by atoms with E-state index in [4.69, 9.17) is 11.6 Å². The van der Waals surface area contributed by atoms with E-state index in [2.05, 4.69) is 10.3 Å². The minimum absolute atomic E-state index is 0.0582. The van der Waals surface area contributed by atoms with Crippen molar-refractivity contribution in [3.05, 3.63) is 64.3 Å². The molecule has 2 aromatic carbocycles. The van der Waals surface area contributed by atoms with Gasteiger partial charge in [-0.25, -0.2) is 4.98 Å². The van der Waals surface area contributed by atoms with Crippen molar-refractivity contribution in [2.24, 2.45) is 0 Å². The molecule has 0 radical (unpaired) electrons. The number of alkyl halides is 3. The van der Waals surface area contributed by atoms with Gasteiger partial charge in [-0.15, -0.1) is 0 Å². The monoisotopic (exact) mass is 421 g/mol. The molecule has 0 aliphatic heterocycles. The first kappa shape index (κ1) is 20.9. The van der Waals surface area contributed by atoms with Crippen LogP contribution in [-0.2, 0) is 6.18 Å². The molecule has 3 rings (SSSR count). The highest BCUT2D eigenvalue weighted by molar-refractivity contribution is 6.37. The summed E-state index contributed by atoms with van der Waals surface area (Å²) in [6.07, 6.45) is -3.06. The predicted molar refractivity (Wildman–Crippen MR) is 109 cm³/mol. The first-order chi connectivity index (χ1) is 13.6. The van der Waals surface area contributed by atoms with Crippen LogP contribution in [0, 0.1) is 6.92 Å². The molecule has 0 saturated carbocycles. The Hall–Kier alpha value is -2.80. The molecule has 3 aromatic rings. The van der Waals surface area contributed by atoms with Gasteiger partial charge in [-0.2, -0.15) is 13.2 Å². The largest absolute Gasteiger partial charge is 0.416 e. The zero-order valence-corrected chi connectivity index (χ0v) is 16.8. The summed E-state index contributed by atoms with van der Waals surface area (Å²) < 4.78 is 39.7. The van der Waals surface area contributed by atoms with Gasteiger partial charge in [0.15, 0.2) is 0 Å². The topological polar surface area (TPSA) is 45.2 Å². The molecule has 0 bridgehead atoms. The number of carbonyl (C=O) groups is 1. The molecular weight excluding hydrogens is 403 g/mol. The van der Waals surface area contributed by atoms with E-state index in [0.29, 0.717) is 33.7 Å². The summed E-state index contributed by atoms with van der Waals surface area (Å²) in [4.78, 5) is 18.5. The SMILES string of the molecule is CCN(C)C(=O)c1cnc(Nc2cccc(C(F)(F)F)c2C)c2cccc(Cl)c12. The quantitative estimate of drug-likeness (QED) is 0.557. The molecule has 1 amide bonds. The number of hydrogen-bond acceptors (Lipinski definition) is 3. The van der Waals surface area contributed by atoms with Crippen LogP contribution in [0.4, 0.5) is 24.7 Å². The third-order valence-corrected chi connectivity index (χ3v) is 5.12. The summed E-state index contributed by atoms with van der Waals surface area (Å²) >= 11 is 6.37. The molecule has 0 aliphatic rings. The molecule has 1 aromatic heterocycles. The minimum Gasteiger partial charge on any atom is -0.342 e. The fraction of sp³-hybridized carbons (Fsp3) is 0.238. The van der Waals surface area contributed by atoms with Gasteiger partial charge in [0.2, 0.25) is 0 Å². The molecule has 0 spiro atoms. The first-order valence-corrected chi connectivity index (χ1v) is 9.29. The maximum Gasteiger partial charge on any atom is 0.416 e. The minimum atomic E-state index is -4.46. The van der Waals surface area contributed by atoms with Crippen molar-refractivity contribution < 1.29 is 18.0 Å². The molecule has 1 N–H and O–H groups in total. The molecule has 0 saturated heterocycles. The Morgan fingerprint density at radius 1 is 1.21 bits per heavy atom. The summed E-state index contributed by atoms with van der Waals surface area (Å²) in [6, 6.07) is 9.00. The number of benzene rings is 2. The molecule has 152 valence electrons. The van der Waals surface area contributed by atoms with Gasteiger partial charge in [0.25, 0.3) is 5.91 Å². The van der Waals surface area contributed by atoms with Crippen molar-refractivity contribution in [1.82, 2.24) is 9.88 Å². The first-order valence-electron chi connectivity index (χ1n) is 8.91. The van der Waals surface area contributed by atoms with Crippen LogP contribution in [0.1, 0.15) is 28.4 Å². The average molecular weight is 422 g/mol. The highest BCUT2D eigenvalue weighted by atomic mass is 35.5. The van der Waals surface area contributed by atoms with Crippen molar-refractivity contribution in [3.63, 3.8) is 0 Å². The number of halogens is 4. The summed E-state index contributed by atoms with van der Waals surface area (Å²) in [6.45, 7) is 3.75. The van der Waals surface area contributed by atoms with E-state index in [1.807, 2.05) is 6.92 Å². The number of nitrogens with one attached hydrogen (secondary N) is 1. The Labute approximate surface area is 171 Å². The summed E-state index contributed by atoms with van der Waals surface area (Å²) in [7, 11) is 1.67. The predicted octanol–water partition coefficient (Wildman–Crippen LogP) is 6.05. The van der Waals surface area contributed by atoms with Crippen LogP contribution in [0.5, 0.6) is 0 Å². The number of rotatable bonds is 4. The van der Waals surface area contributed by atoms with Crippen LogP contribution < -0.4 is 5.32 Å². The van der Waals surface area contributed by atoms with Crippen molar-refractivity contribution >= 4 is 39.8 Å². The van der Waals surface area contributed by atoms with Gasteiger partial charge in [0.05, 0.1) is 11.1 Å². The lowest BCUT2D eigenvalue weighted by atomic mass is 10.0. The van der Waals surface area contributed by atoms with E-state index in [1.54, 1.807) is 31.3 Å². The van der Waals surface area contributed by atoms with Crippen LogP contribution in [0.3, 0.4) is 0 Å². The molecule has 1 heterocycles. The van der Waals surface area contributed by atoms with Crippen molar-refractivity contribution in [3.8, 4) is 0 Å². The Morgan fingerprint density at radius 2 is 1.90 bits per heavy atom. The molecule has 0 unspecified atom stereocenters. The van der Waals surface area contributed by atoms with Crippen LogP contribution in [0.15, 0.2) is 42.6 Å². The van der Waals surface area contributed by atoms with Crippen molar-refractivity contribution in [1.29, 1.82) is 0 Å². The number of anilines is 2. The number of nitrogens with zero attached hydrogens (tertiary/aromatic N) is 2. The molecular formula is C21H19ClF3N3O. The second-order valence-corrected chi connectivity index (χ2v) is 7.01. The number of fused-ring (bicyclic) bond motifs is 1. The fourth-order valence-electron chi connectivity index (χ4n) is 3.08. The Morgan fingerprint density at radius 3 is 2.55 bits per heavy atom. The van der Waals surface area contributed by atoms with Gasteiger partial charge in [-0.3, -0.25) is 4.79 Å². The molecule has 4 nitrogen and oxygen atoms in total. The second-order valence-electron chi connectivity index (χ2n) is 6.60. The third kappa shape index (κ3) is 4.00. The van der Waals surface area contributed by atoms with Crippen LogP contribution in [0.25, 0.3) is 10.8 Å². The van der Waals surface area contributed by atoms with Crippen LogP contribution in [-0.4, -0.2) is 29.4 Å². The fourth-order valence-corrected chi connectivity index (χ4v) is 3.35. The Bertz CT molecular complexity index is 1080. The van der Waals surface area contributed by atoms with E-state index in [0.717, 1.165) is 6.07 Å². The highest BCUT2D eigenvalue weighted by Crippen LogP contribution is 2.37. The number of amides is 1. The van der Waals surface area contributed by atoms with E-state index in [-0.39, 0.29) is 17.2 Å². The number of aromatic nitrogens is 1. The van der Waals surface area contributed by atoms with Crippen LogP contribution in [0.2, 0.25) is 5.02 Å². The standard InChI is InChI=1S/C21H19ClF3N3O/c1-4-28(3)20(29)14-11-26-19(13-7-5-9-16(22)18(13)14)27-17-10-6-8-15(12(17)2)21(23,24)25/h5-11H,4H2,1-3H3,(H,26,27). The van der Waals surface area contributed by atoms with Gasteiger partial charge < -0.3 is 10.2 Å². The summed E-state index contributed by atoms with van der Waals surface area (Å²) in [5.41, 5.74) is -0.0522. The maximum absolute atomic E-state index is 13.2. The van der Waals surface area contributed by atoms with Crippen LogP contribution >= 0.6 is 11.6 Å². The van der Waals surface area contributed by atoms with E-state index in [1.165, 1.54) is 24.1 Å². The zero-order valence-electron chi connectivity index (χ0n) is 16.1. The lowest BCUT2D eigenvalue weighted by molar-refractivity contribution is -0.138. The lowest BCUT2D eigenvalue weighted by Crippen LogP contribution is -2.26. The number of hydrogen-bond donors (Lipinski definition) is 1. The number of pyridine rings is 1. The molecule has 0 aliphatic carbocycles. The summed E-state index contributed by atoms with van der Waals surface area (Å²) in [5.74, 6) is 0.0838. The van der Waals surface area contributed by atoms with Crippen molar-refractivity contribution in [2.45, 2.75) is 20.0 Å². The molecule has 8 heteroatoms. The van der Waals surface area contributed by atoms with E-state index in [9.17, 15) is 18.0 Å². The normalized spacial score (nSPS) is 11.6.